The van der Waals surface area contributed by atoms with Crippen molar-refractivity contribution in [3.8, 4) is 0 Å². The molecular formula is C12H12ClNO2. The molecule has 0 aromatic heterocycles. The summed E-state index contributed by atoms with van der Waals surface area (Å²) in [5.41, 5.74) is 1.42. The number of benzene rings is 1. The van der Waals surface area contributed by atoms with E-state index < -0.39 is 6.10 Å². The first-order valence-electron chi connectivity index (χ1n) is 5.05. The summed E-state index contributed by atoms with van der Waals surface area (Å²) in [6, 6.07) is 5.16. The average molecular weight is 238 g/mol. The average Bonchev–Trinajstić information content (AvgIpc) is 2.29. The molecule has 84 valence electrons. The molecule has 0 saturated heterocycles. The summed E-state index contributed by atoms with van der Waals surface area (Å²) in [6.45, 7) is 3.97. The van der Waals surface area contributed by atoms with Gasteiger partial charge in [0, 0.05) is 22.8 Å². The minimum atomic E-state index is -0.553. The lowest BCUT2D eigenvalue weighted by Crippen LogP contribution is -2.35. The van der Waals surface area contributed by atoms with Gasteiger partial charge in [0.25, 0.3) is 0 Å². The van der Waals surface area contributed by atoms with Gasteiger partial charge in [0.2, 0.25) is 5.91 Å². The lowest BCUT2D eigenvalue weighted by Gasteiger charge is -2.31. The molecule has 0 fully saturated rings. The van der Waals surface area contributed by atoms with E-state index in [0.717, 1.165) is 0 Å². The molecule has 2 rings (SSSR count). The molecule has 1 heterocycles. The Morgan fingerprint density at radius 2 is 2.38 bits per heavy atom. The Kier molecular flexibility index (Phi) is 2.99. The molecule has 1 aliphatic heterocycles. The lowest BCUT2D eigenvalue weighted by atomic mass is 9.99. The predicted molar refractivity (Wildman–Crippen MR) is 63.6 cm³/mol. The van der Waals surface area contributed by atoms with E-state index in [1.54, 1.807) is 23.1 Å². The van der Waals surface area contributed by atoms with Crippen molar-refractivity contribution in [2.75, 3.05) is 11.4 Å². The summed E-state index contributed by atoms with van der Waals surface area (Å²) in [4.78, 5) is 13.2. The molecular weight excluding hydrogens is 226 g/mol. The molecule has 0 aliphatic carbocycles. The number of rotatable bonds is 1. The number of hydrogen-bond donors (Lipinski definition) is 1. The van der Waals surface area contributed by atoms with Gasteiger partial charge in [0.1, 0.15) is 0 Å². The van der Waals surface area contributed by atoms with Crippen LogP contribution >= 0.6 is 11.6 Å². The molecule has 0 saturated carbocycles. The lowest BCUT2D eigenvalue weighted by molar-refractivity contribution is -0.114. The van der Waals surface area contributed by atoms with Gasteiger partial charge in [-0.25, -0.2) is 0 Å². The maximum atomic E-state index is 11.6. The van der Waals surface area contributed by atoms with Crippen molar-refractivity contribution < 1.29 is 9.90 Å². The fraction of sp³-hybridized carbons (Fsp3) is 0.250. The van der Waals surface area contributed by atoms with Gasteiger partial charge in [0.15, 0.2) is 0 Å². The van der Waals surface area contributed by atoms with Crippen molar-refractivity contribution in [1.29, 1.82) is 0 Å². The Labute approximate surface area is 98.9 Å². The first-order chi connectivity index (χ1) is 7.63. The van der Waals surface area contributed by atoms with Crippen LogP contribution in [0, 0.1) is 0 Å². The molecule has 1 atom stereocenters. The molecule has 1 aromatic rings. The molecule has 0 bridgehead atoms. The maximum absolute atomic E-state index is 11.6. The zero-order valence-electron chi connectivity index (χ0n) is 8.69. The van der Waals surface area contributed by atoms with Gasteiger partial charge in [-0.2, -0.15) is 0 Å². The highest BCUT2D eigenvalue weighted by atomic mass is 35.5. The summed E-state index contributed by atoms with van der Waals surface area (Å²) in [5, 5.41) is 10.4. The number of nitrogens with zero attached hydrogens (tertiary/aromatic N) is 1. The van der Waals surface area contributed by atoms with E-state index >= 15 is 0 Å². The van der Waals surface area contributed by atoms with Crippen molar-refractivity contribution in [2.24, 2.45) is 0 Å². The highest BCUT2D eigenvalue weighted by molar-refractivity contribution is 6.30. The standard InChI is InChI=1S/C12H12ClNO2/c1-2-12(16)14-6-5-11(15)9-7-8(13)3-4-10(9)14/h2-4,7,11,15H,1,5-6H2/t11-/m0/s1. The van der Waals surface area contributed by atoms with E-state index in [4.69, 9.17) is 11.6 Å². The summed E-state index contributed by atoms with van der Waals surface area (Å²) >= 11 is 5.87. The molecule has 1 aromatic carbocycles. The first kappa shape index (κ1) is 11.2. The summed E-state index contributed by atoms with van der Waals surface area (Å²) in [6.07, 6.45) is 1.24. The molecule has 4 heteroatoms. The zero-order chi connectivity index (χ0) is 11.7. The van der Waals surface area contributed by atoms with Crippen LogP contribution in [0.25, 0.3) is 0 Å². The van der Waals surface area contributed by atoms with E-state index in [-0.39, 0.29) is 5.91 Å². The number of fused-ring (bicyclic) bond motifs is 1. The largest absolute Gasteiger partial charge is 0.388 e. The smallest absolute Gasteiger partial charge is 0.250 e. The van der Waals surface area contributed by atoms with Gasteiger partial charge in [-0.05, 0) is 30.7 Å². The van der Waals surface area contributed by atoms with Gasteiger partial charge < -0.3 is 10.0 Å². The van der Waals surface area contributed by atoms with Gasteiger partial charge in [-0.1, -0.05) is 18.2 Å². The number of hydrogen-bond acceptors (Lipinski definition) is 2. The zero-order valence-corrected chi connectivity index (χ0v) is 9.44. The molecule has 0 unspecified atom stereocenters. The number of amides is 1. The number of halogens is 1. The quantitative estimate of drug-likeness (QED) is 0.762. The Bertz CT molecular complexity index is 445. The Morgan fingerprint density at radius 3 is 3.06 bits per heavy atom. The number of aliphatic hydroxyl groups is 1. The predicted octanol–water partition coefficient (Wildman–Crippen LogP) is 2.30. The van der Waals surface area contributed by atoms with Gasteiger partial charge in [0.05, 0.1) is 6.10 Å². The second-order valence-corrected chi connectivity index (χ2v) is 4.14. The minimum absolute atomic E-state index is 0.157. The van der Waals surface area contributed by atoms with Crippen LogP contribution in [0.15, 0.2) is 30.9 Å². The van der Waals surface area contributed by atoms with E-state index in [9.17, 15) is 9.90 Å². The fourth-order valence-electron chi connectivity index (χ4n) is 1.90. The van der Waals surface area contributed by atoms with Crippen molar-refractivity contribution >= 4 is 23.2 Å². The van der Waals surface area contributed by atoms with Crippen molar-refractivity contribution in [3.63, 3.8) is 0 Å². The summed E-state index contributed by atoms with van der Waals surface area (Å²) in [5.74, 6) is -0.157. The Hall–Kier alpha value is -1.32. The fourth-order valence-corrected chi connectivity index (χ4v) is 2.09. The number of carbonyl (C=O) groups is 1. The van der Waals surface area contributed by atoms with Crippen LogP contribution < -0.4 is 4.90 Å². The van der Waals surface area contributed by atoms with Crippen molar-refractivity contribution in [1.82, 2.24) is 0 Å². The number of carbonyl (C=O) groups excluding carboxylic acids is 1. The topological polar surface area (TPSA) is 40.5 Å². The highest BCUT2D eigenvalue weighted by Gasteiger charge is 2.26. The molecule has 16 heavy (non-hydrogen) atoms. The molecule has 1 amide bonds. The van der Waals surface area contributed by atoms with E-state index in [2.05, 4.69) is 6.58 Å². The summed E-state index contributed by atoms with van der Waals surface area (Å²) in [7, 11) is 0. The minimum Gasteiger partial charge on any atom is -0.388 e. The number of aliphatic hydroxyl groups excluding tert-OH is 1. The van der Waals surface area contributed by atoms with Crippen LogP contribution in [0.1, 0.15) is 18.1 Å². The van der Waals surface area contributed by atoms with Gasteiger partial charge in [-0.3, -0.25) is 4.79 Å². The van der Waals surface area contributed by atoms with E-state index in [1.165, 1.54) is 6.08 Å². The monoisotopic (exact) mass is 237 g/mol. The van der Waals surface area contributed by atoms with E-state index in [0.29, 0.717) is 29.2 Å². The summed E-state index contributed by atoms with van der Waals surface area (Å²) < 4.78 is 0. The third-order valence-corrected chi connectivity index (χ3v) is 2.94. The van der Waals surface area contributed by atoms with Crippen LogP contribution in [0.3, 0.4) is 0 Å². The molecule has 3 nitrogen and oxygen atoms in total. The van der Waals surface area contributed by atoms with Gasteiger partial charge >= 0.3 is 0 Å². The van der Waals surface area contributed by atoms with E-state index in [1.807, 2.05) is 0 Å². The Balaban J connectivity index is 2.48. The van der Waals surface area contributed by atoms with Crippen LogP contribution in [-0.2, 0) is 4.79 Å². The van der Waals surface area contributed by atoms with Gasteiger partial charge in [-0.15, -0.1) is 0 Å². The third-order valence-electron chi connectivity index (χ3n) is 2.71. The third kappa shape index (κ3) is 1.84. The molecule has 1 aliphatic rings. The second kappa shape index (κ2) is 4.28. The SMILES string of the molecule is C=CC(=O)N1CC[C@H](O)c2cc(Cl)ccc21. The van der Waals surface area contributed by atoms with Crippen molar-refractivity contribution in [3.05, 3.63) is 41.4 Å². The maximum Gasteiger partial charge on any atom is 0.250 e. The molecule has 0 radical (unpaired) electrons. The Morgan fingerprint density at radius 1 is 1.62 bits per heavy atom. The number of anilines is 1. The van der Waals surface area contributed by atoms with Crippen LogP contribution in [0.2, 0.25) is 5.02 Å². The second-order valence-electron chi connectivity index (χ2n) is 3.70. The molecule has 1 N–H and O–H groups in total. The van der Waals surface area contributed by atoms with Crippen LogP contribution in [0.4, 0.5) is 5.69 Å². The normalized spacial score (nSPS) is 19.1. The highest BCUT2D eigenvalue weighted by Crippen LogP contribution is 2.35. The molecule has 0 spiro atoms. The van der Waals surface area contributed by atoms with Crippen LogP contribution in [-0.4, -0.2) is 17.6 Å². The van der Waals surface area contributed by atoms with Crippen LogP contribution in [0.5, 0.6) is 0 Å². The first-order valence-corrected chi connectivity index (χ1v) is 5.42. The van der Waals surface area contributed by atoms with Crippen molar-refractivity contribution in [2.45, 2.75) is 12.5 Å².